The lowest BCUT2D eigenvalue weighted by atomic mass is 10.0. The summed E-state index contributed by atoms with van der Waals surface area (Å²) in [6, 6.07) is 10.7. The molecule has 2 heterocycles. The maximum atomic E-state index is 12.5. The Bertz CT molecular complexity index is 904. The summed E-state index contributed by atoms with van der Waals surface area (Å²) in [4.78, 5) is 15.0. The predicted octanol–water partition coefficient (Wildman–Crippen LogP) is 2.92. The summed E-state index contributed by atoms with van der Waals surface area (Å²) in [5.41, 5.74) is 0.760. The fourth-order valence-corrected chi connectivity index (χ4v) is 3.19. The van der Waals surface area contributed by atoms with Gasteiger partial charge in [0.05, 0.1) is 36.4 Å². The maximum absolute atomic E-state index is 12.5. The molecule has 0 saturated heterocycles. The number of ether oxygens (including phenoxy) is 1. The maximum Gasteiger partial charge on any atom is 0.232 e. The molecule has 124 valence electrons. The number of phenolic OH excluding ortho intramolecular Hbond substituents is 1. The highest BCUT2D eigenvalue weighted by atomic mass is 32.1. The van der Waals surface area contributed by atoms with E-state index in [2.05, 4.69) is 0 Å². The van der Waals surface area contributed by atoms with Crippen molar-refractivity contribution in [1.82, 2.24) is 4.90 Å². The Labute approximate surface area is 148 Å². The highest BCUT2D eigenvalue weighted by molar-refractivity contribution is 7.10. The number of carbonyl (C=O) groups is 1. The number of nitriles is 2. The number of carbonyl (C=O) groups excluding carboxylic acids is 1. The van der Waals surface area contributed by atoms with Crippen molar-refractivity contribution in [3.8, 4) is 23.6 Å². The van der Waals surface area contributed by atoms with E-state index in [0.717, 1.165) is 4.88 Å². The topological polar surface area (TPSA) is 97.3 Å². The van der Waals surface area contributed by atoms with Crippen LogP contribution in [0.4, 0.5) is 0 Å². The second-order valence-electron chi connectivity index (χ2n) is 5.36. The van der Waals surface area contributed by atoms with Gasteiger partial charge >= 0.3 is 0 Å². The molecule has 0 fully saturated rings. The van der Waals surface area contributed by atoms with E-state index in [1.54, 1.807) is 11.0 Å². The van der Waals surface area contributed by atoms with E-state index in [-0.39, 0.29) is 42.7 Å². The third-order valence-electron chi connectivity index (χ3n) is 3.70. The van der Waals surface area contributed by atoms with Gasteiger partial charge in [-0.1, -0.05) is 6.07 Å². The minimum absolute atomic E-state index is 0.0303. The van der Waals surface area contributed by atoms with Gasteiger partial charge in [-0.2, -0.15) is 10.5 Å². The summed E-state index contributed by atoms with van der Waals surface area (Å²) in [6.45, 7) is 0.195. The van der Waals surface area contributed by atoms with E-state index in [1.165, 1.54) is 23.5 Å². The van der Waals surface area contributed by atoms with Crippen LogP contribution in [0.25, 0.3) is 6.08 Å². The number of ketones is 1. The monoisotopic (exact) mass is 351 g/mol. The van der Waals surface area contributed by atoms with Gasteiger partial charge in [-0.05, 0) is 23.6 Å². The summed E-state index contributed by atoms with van der Waals surface area (Å²) in [5.74, 6) is 0.187. The molecule has 0 bridgehead atoms. The Balaban J connectivity index is 1.96. The Kier molecular flexibility index (Phi) is 4.80. The second kappa shape index (κ2) is 7.18. The van der Waals surface area contributed by atoms with E-state index in [0.29, 0.717) is 11.1 Å². The molecule has 0 atom stereocenters. The van der Waals surface area contributed by atoms with E-state index in [4.69, 9.17) is 15.3 Å². The molecule has 0 unspecified atom stereocenters. The van der Waals surface area contributed by atoms with Crippen molar-refractivity contribution >= 4 is 23.2 Å². The van der Waals surface area contributed by atoms with Crippen LogP contribution in [-0.2, 0) is 6.54 Å². The van der Waals surface area contributed by atoms with Crippen molar-refractivity contribution in [2.75, 3.05) is 13.1 Å². The molecular weight excluding hydrogens is 338 g/mol. The van der Waals surface area contributed by atoms with Gasteiger partial charge in [0.2, 0.25) is 5.78 Å². The van der Waals surface area contributed by atoms with Crippen LogP contribution < -0.4 is 4.74 Å². The van der Waals surface area contributed by atoms with Crippen molar-refractivity contribution in [3.63, 3.8) is 0 Å². The fraction of sp³-hybridized carbons (Fsp3) is 0.167. The van der Waals surface area contributed by atoms with Crippen LogP contribution in [0.3, 0.4) is 0 Å². The molecule has 1 aromatic carbocycles. The molecule has 6 nitrogen and oxygen atoms in total. The molecule has 0 aliphatic carbocycles. The Hall–Kier alpha value is -3.13. The van der Waals surface area contributed by atoms with E-state index in [9.17, 15) is 9.90 Å². The van der Waals surface area contributed by atoms with Crippen LogP contribution >= 0.6 is 11.3 Å². The van der Waals surface area contributed by atoms with Gasteiger partial charge in [0, 0.05) is 17.5 Å². The summed E-state index contributed by atoms with van der Waals surface area (Å²) in [6.07, 6.45) is 1.66. The fourth-order valence-electron chi connectivity index (χ4n) is 2.54. The number of rotatable bonds is 5. The predicted molar refractivity (Wildman–Crippen MR) is 91.9 cm³/mol. The first-order valence-corrected chi connectivity index (χ1v) is 8.31. The van der Waals surface area contributed by atoms with Crippen LogP contribution in [0.15, 0.2) is 35.4 Å². The van der Waals surface area contributed by atoms with E-state index < -0.39 is 0 Å². The molecule has 7 heteroatoms. The lowest BCUT2D eigenvalue weighted by Crippen LogP contribution is -2.24. The molecular formula is C18H13N3O3S. The quantitative estimate of drug-likeness (QED) is 0.657. The number of fused-ring (bicyclic) bond motifs is 1. The highest BCUT2D eigenvalue weighted by Crippen LogP contribution is 2.40. The van der Waals surface area contributed by atoms with Gasteiger partial charge in [-0.3, -0.25) is 9.69 Å². The average molecular weight is 351 g/mol. The first-order chi connectivity index (χ1) is 12.1. The molecule has 1 aliphatic rings. The first kappa shape index (κ1) is 16.7. The second-order valence-corrected chi connectivity index (χ2v) is 6.34. The van der Waals surface area contributed by atoms with Crippen molar-refractivity contribution in [2.24, 2.45) is 0 Å². The minimum atomic E-state index is -0.253. The smallest absolute Gasteiger partial charge is 0.232 e. The number of phenols is 1. The number of hydrogen-bond donors (Lipinski definition) is 1. The van der Waals surface area contributed by atoms with Crippen molar-refractivity contribution in [2.45, 2.75) is 6.54 Å². The van der Waals surface area contributed by atoms with Crippen molar-refractivity contribution in [3.05, 3.63) is 51.4 Å². The van der Waals surface area contributed by atoms with Gasteiger partial charge < -0.3 is 9.84 Å². The zero-order chi connectivity index (χ0) is 17.8. The summed E-state index contributed by atoms with van der Waals surface area (Å²) >= 11 is 1.48. The van der Waals surface area contributed by atoms with Gasteiger partial charge in [-0.15, -0.1) is 11.3 Å². The summed E-state index contributed by atoms with van der Waals surface area (Å²) in [7, 11) is 0. The highest BCUT2D eigenvalue weighted by Gasteiger charge is 2.31. The Morgan fingerprint density at radius 3 is 2.64 bits per heavy atom. The van der Waals surface area contributed by atoms with E-state index >= 15 is 0 Å². The SMILES string of the molecule is N#CCN(CC#N)Cc1c(O)ccc2c1OC(=Cc1cccs1)C2=O. The van der Waals surface area contributed by atoms with Gasteiger partial charge in [-0.25, -0.2) is 0 Å². The minimum Gasteiger partial charge on any atom is -0.507 e. The molecule has 25 heavy (non-hydrogen) atoms. The van der Waals surface area contributed by atoms with Crippen LogP contribution in [0.5, 0.6) is 11.5 Å². The average Bonchev–Trinajstić information content (AvgIpc) is 3.20. The molecule has 0 amide bonds. The van der Waals surface area contributed by atoms with Crippen LogP contribution in [-0.4, -0.2) is 28.9 Å². The number of hydrogen-bond acceptors (Lipinski definition) is 7. The zero-order valence-electron chi connectivity index (χ0n) is 13.1. The molecule has 1 N–H and O–H groups in total. The van der Waals surface area contributed by atoms with E-state index in [1.807, 2.05) is 29.7 Å². The molecule has 1 aliphatic heterocycles. The molecule has 0 saturated carbocycles. The molecule has 0 spiro atoms. The van der Waals surface area contributed by atoms with Gasteiger partial charge in [0.1, 0.15) is 11.5 Å². The number of thiophene rings is 1. The lowest BCUT2D eigenvalue weighted by Gasteiger charge is -2.17. The number of Topliss-reactive ketones (excluding diaryl/α,β-unsaturated/α-hetero) is 1. The van der Waals surface area contributed by atoms with Crippen molar-refractivity contribution < 1.29 is 14.6 Å². The number of allylic oxidation sites excluding steroid dienone is 1. The van der Waals surface area contributed by atoms with Crippen LogP contribution in [0.1, 0.15) is 20.8 Å². The number of nitrogens with zero attached hydrogens (tertiary/aromatic N) is 3. The standard InChI is InChI=1S/C18H13N3O3S/c19-5-7-21(8-6-20)11-14-15(22)4-3-13-17(23)16(24-18(13)14)10-12-2-1-9-25-12/h1-4,9-10,22H,7-8,11H2. The lowest BCUT2D eigenvalue weighted by molar-refractivity contribution is 0.101. The van der Waals surface area contributed by atoms with Gasteiger partial charge in [0.15, 0.2) is 5.76 Å². The number of aromatic hydroxyl groups is 1. The Morgan fingerprint density at radius 2 is 2.00 bits per heavy atom. The normalized spacial score (nSPS) is 14.2. The number of benzene rings is 1. The molecule has 0 radical (unpaired) electrons. The summed E-state index contributed by atoms with van der Waals surface area (Å²) in [5, 5.41) is 29.8. The largest absolute Gasteiger partial charge is 0.507 e. The zero-order valence-corrected chi connectivity index (χ0v) is 13.9. The van der Waals surface area contributed by atoms with Crippen LogP contribution in [0.2, 0.25) is 0 Å². The molecule has 2 aromatic rings. The third-order valence-corrected chi connectivity index (χ3v) is 4.52. The third kappa shape index (κ3) is 3.38. The Morgan fingerprint density at radius 1 is 1.24 bits per heavy atom. The molecule has 1 aromatic heterocycles. The molecule has 3 rings (SSSR count). The van der Waals surface area contributed by atoms with Crippen molar-refractivity contribution in [1.29, 1.82) is 10.5 Å². The summed E-state index contributed by atoms with van der Waals surface area (Å²) < 4.78 is 5.73. The van der Waals surface area contributed by atoms with Crippen LogP contribution in [0, 0.1) is 22.7 Å². The van der Waals surface area contributed by atoms with Gasteiger partial charge in [0.25, 0.3) is 0 Å². The first-order valence-electron chi connectivity index (χ1n) is 7.43.